The minimum absolute atomic E-state index is 1.01. The summed E-state index contributed by atoms with van der Waals surface area (Å²) in [7, 11) is 0. The predicted octanol–water partition coefficient (Wildman–Crippen LogP) is 9.28. The lowest BCUT2D eigenvalue weighted by Gasteiger charge is -2.09. The molecule has 4 heteroatoms. The Morgan fingerprint density at radius 1 is 0.553 bits per heavy atom. The van der Waals surface area contributed by atoms with Crippen LogP contribution in [0.25, 0.3) is 70.2 Å². The van der Waals surface area contributed by atoms with Crippen LogP contribution in [-0.4, -0.2) is 14.5 Å². The number of para-hydroxylation sites is 4. The molecular weight excluding hydrogens is 482 g/mol. The molecule has 4 heterocycles. The van der Waals surface area contributed by atoms with Crippen molar-refractivity contribution in [2.45, 2.75) is 0 Å². The number of thiophene rings is 1. The highest BCUT2D eigenvalue weighted by molar-refractivity contribution is 7.21. The molecule has 0 unspecified atom stereocenters. The molecule has 0 fully saturated rings. The topological polar surface area (TPSA) is 30.7 Å². The first-order valence-corrected chi connectivity index (χ1v) is 13.5. The van der Waals surface area contributed by atoms with Gasteiger partial charge in [-0.3, -0.25) is 9.97 Å². The van der Waals surface area contributed by atoms with Crippen LogP contribution in [-0.2, 0) is 0 Å². The maximum absolute atomic E-state index is 4.83. The Morgan fingerprint density at radius 3 is 1.84 bits per heavy atom. The summed E-state index contributed by atoms with van der Waals surface area (Å²) in [5, 5.41) is 4.79. The highest BCUT2D eigenvalue weighted by Gasteiger charge is 2.24. The van der Waals surface area contributed by atoms with Gasteiger partial charge in [-0.05, 0) is 42.5 Å². The van der Waals surface area contributed by atoms with Gasteiger partial charge in [0.25, 0.3) is 0 Å². The first-order valence-electron chi connectivity index (χ1n) is 12.7. The van der Waals surface area contributed by atoms with E-state index in [2.05, 4.69) is 108 Å². The SMILES string of the molecule is c1ccc(-n2c3ccccc3c3c(-c4cnc5ccccc5c4)sc(-c4cnc5ccccc5c4)c32)cc1. The van der Waals surface area contributed by atoms with Crippen LogP contribution in [0, 0.1) is 0 Å². The van der Waals surface area contributed by atoms with Gasteiger partial charge in [0.05, 0.1) is 26.9 Å². The number of aromatic nitrogens is 3. The predicted molar refractivity (Wildman–Crippen MR) is 160 cm³/mol. The van der Waals surface area contributed by atoms with Gasteiger partial charge in [0.15, 0.2) is 0 Å². The van der Waals surface area contributed by atoms with Crippen molar-refractivity contribution in [1.82, 2.24) is 14.5 Å². The van der Waals surface area contributed by atoms with Gasteiger partial charge in [0.2, 0.25) is 0 Å². The van der Waals surface area contributed by atoms with E-state index in [4.69, 9.17) is 9.97 Å². The van der Waals surface area contributed by atoms with E-state index in [9.17, 15) is 0 Å². The average molecular weight is 504 g/mol. The first kappa shape index (κ1) is 21.3. The largest absolute Gasteiger partial charge is 0.308 e. The van der Waals surface area contributed by atoms with Crippen LogP contribution >= 0.6 is 11.3 Å². The van der Waals surface area contributed by atoms with Gasteiger partial charge < -0.3 is 4.57 Å². The van der Waals surface area contributed by atoms with Gasteiger partial charge in [-0.25, -0.2) is 0 Å². The molecule has 8 aromatic rings. The number of rotatable bonds is 3. The maximum Gasteiger partial charge on any atom is 0.0734 e. The third kappa shape index (κ3) is 3.21. The highest BCUT2D eigenvalue weighted by atomic mass is 32.1. The lowest BCUT2D eigenvalue weighted by atomic mass is 10.1. The first-order chi connectivity index (χ1) is 18.8. The van der Waals surface area contributed by atoms with Crippen LogP contribution in [0.2, 0.25) is 0 Å². The molecule has 0 bridgehead atoms. The summed E-state index contributed by atoms with van der Waals surface area (Å²) >= 11 is 1.83. The normalized spacial score (nSPS) is 11.7. The van der Waals surface area contributed by atoms with Gasteiger partial charge >= 0.3 is 0 Å². The Kier molecular flexibility index (Phi) is 4.69. The van der Waals surface area contributed by atoms with Crippen molar-refractivity contribution in [3.8, 4) is 26.6 Å². The van der Waals surface area contributed by atoms with Crippen LogP contribution in [0.15, 0.2) is 128 Å². The Hall–Kier alpha value is -4.80. The van der Waals surface area contributed by atoms with E-state index in [1.54, 1.807) is 0 Å². The number of nitrogens with zero attached hydrogens (tertiary/aromatic N) is 3. The monoisotopic (exact) mass is 503 g/mol. The average Bonchev–Trinajstić information content (AvgIpc) is 3.53. The van der Waals surface area contributed by atoms with E-state index in [1.807, 2.05) is 35.9 Å². The van der Waals surface area contributed by atoms with E-state index >= 15 is 0 Å². The Morgan fingerprint density at radius 2 is 1.13 bits per heavy atom. The second-order valence-corrected chi connectivity index (χ2v) is 10.5. The van der Waals surface area contributed by atoms with Crippen molar-refractivity contribution in [2.24, 2.45) is 0 Å². The van der Waals surface area contributed by atoms with Crippen molar-refractivity contribution >= 4 is 54.9 Å². The molecule has 0 atom stereocenters. The molecule has 0 aliphatic rings. The fraction of sp³-hybridized carbons (Fsp3) is 0. The smallest absolute Gasteiger partial charge is 0.0734 e. The Balaban J connectivity index is 1.52. The molecule has 0 amide bonds. The fourth-order valence-electron chi connectivity index (χ4n) is 5.52. The zero-order valence-electron chi connectivity index (χ0n) is 20.4. The standard InChI is InChI=1S/C34H21N3S/c1-2-12-26(13-3-1)37-30-17-9-6-14-27(30)31-32(37)34(25-19-23-11-5-8-16-29(23)36-21-25)38-33(31)24-18-22-10-4-7-15-28(22)35-20-24/h1-21H. The zero-order chi connectivity index (χ0) is 25.1. The van der Waals surface area contributed by atoms with Crippen molar-refractivity contribution in [3.63, 3.8) is 0 Å². The van der Waals surface area contributed by atoms with E-state index in [0.717, 1.165) is 38.6 Å². The van der Waals surface area contributed by atoms with Crippen LogP contribution < -0.4 is 0 Å². The van der Waals surface area contributed by atoms with E-state index < -0.39 is 0 Å². The molecule has 0 saturated heterocycles. The summed E-state index contributed by atoms with van der Waals surface area (Å²) in [6, 6.07) is 40.5. The Bertz CT molecular complexity index is 2140. The second kappa shape index (κ2) is 8.37. The molecule has 0 aliphatic carbocycles. The third-order valence-electron chi connectivity index (χ3n) is 7.24. The van der Waals surface area contributed by atoms with E-state index in [-0.39, 0.29) is 0 Å². The summed E-state index contributed by atoms with van der Waals surface area (Å²) in [4.78, 5) is 12.1. The van der Waals surface area contributed by atoms with E-state index in [0.29, 0.717) is 0 Å². The molecule has 4 aromatic heterocycles. The molecule has 0 spiro atoms. The lowest BCUT2D eigenvalue weighted by molar-refractivity contribution is 1.18. The van der Waals surface area contributed by atoms with Crippen LogP contribution in [0.1, 0.15) is 0 Å². The number of fused-ring (bicyclic) bond motifs is 5. The van der Waals surface area contributed by atoms with Gasteiger partial charge in [-0.15, -0.1) is 11.3 Å². The number of hydrogen-bond acceptors (Lipinski definition) is 3. The number of benzene rings is 4. The molecule has 0 N–H and O–H groups in total. The molecule has 0 aliphatic heterocycles. The number of hydrogen-bond donors (Lipinski definition) is 0. The molecular formula is C34H21N3S. The second-order valence-electron chi connectivity index (χ2n) is 9.51. The summed E-state index contributed by atoms with van der Waals surface area (Å²) < 4.78 is 2.41. The van der Waals surface area contributed by atoms with Crippen LogP contribution in [0.4, 0.5) is 0 Å². The summed E-state index contributed by atoms with van der Waals surface area (Å²) in [6.07, 6.45) is 4.04. The molecule has 0 saturated carbocycles. The Labute approximate surface area is 223 Å². The number of pyridine rings is 2. The van der Waals surface area contributed by atoms with Gasteiger partial charge in [0.1, 0.15) is 0 Å². The minimum Gasteiger partial charge on any atom is -0.308 e. The molecule has 4 aromatic carbocycles. The summed E-state index contributed by atoms with van der Waals surface area (Å²) in [5.41, 5.74) is 7.83. The zero-order valence-corrected chi connectivity index (χ0v) is 21.2. The highest BCUT2D eigenvalue weighted by Crippen LogP contribution is 2.49. The molecule has 38 heavy (non-hydrogen) atoms. The van der Waals surface area contributed by atoms with Gasteiger partial charge in [-0.2, -0.15) is 0 Å². The third-order valence-corrected chi connectivity index (χ3v) is 8.52. The minimum atomic E-state index is 1.01. The van der Waals surface area contributed by atoms with Crippen LogP contribution in [0.3, 0.4) is 0 Å². The van der Waals surface area contributed by atoms with Gasteiger partial charge in [-0.1, -0.05) is 72.8 Å². The van der Waals surface area contributed by atoms with E-state index in [1.165, 1.54) is 31.6 Å². The van der Waals surface area contributed by atoms with Crippen molar-refractivity contribution < 1.29 is 0 Å². The summed E-state index contributed by atoms with van der Waals surface area (Å²) in [6.45, 7) is 0. The summed E-state index contributed by atoms with van der Waals surface area (Å²) in [5.74, 6) is 0. The fourth-order valence-corrected chi connectivity index (χ4v) is 6.78. The van der Waals surface area contributed by atoms with Crippen molar-refractivity contribution in [3.05, 3.63) is 128 Å². The van der Waals surface area contributed by atoms with Crippen molar-refractivity contribution in [1.29, 1.82) is 0 Å². The molecule has 0 radical (unpaired) electrons. The van der Waals surface area contributed by atoms with Crippen molar-refractivity contribution in [2.75, 3.05) is 0 Å². The lowest BCUT2D eigenvalue weighted by Crippen LogP contribution is -1.93. The molecule has 178 valence electrons. The van der Waals surface area contributed by atoms with Gasteiger partial charge in [0, 0.05) is 55.6 Å². The maximum atomic E-state index is 4.83. The molecule has 3 nitrogen and oxygen atoms in total. The molecule has 8 rings (SSSR count). The van der Waals surface area contributed by atoms with Crippen LogP contribution in [0.5, 0.6) is 0 Å². The quantitative estimate of drug-likeness (QED) is 0.240.